The molecule has 0 saturated heterocycles. The highest BCUT2D eigenvalue weighted by Gasteiger charge is 2.29. The Hall–Kier alpha value is -1.52. The largest absolute Gasteiger partial charge is 0.361 e. The summed E-state index contributed by atoms with van der Waals surface area (Å²) in [4.78, 5) is 17.8. The van der Waals surface area contributed by atoms with Crippen LogP contribution >= 0.6 is 11.6 Å². The van der Waals surface area contributed by atoms with Gasteiger partial charge in [-0.1, -0.05) is 11.6 Å². The predicted octanol–water partition coefficient (Wildman–Crippen LogP) is 2.96. The molecular weight excluding hydrogens is 298 g/mol. The Kier molecular flexibility index (Phi) is 4.41. The van der Waals surface area contributed by atoms with Gasteiger partial charge in [-0.15, -0.1) is 0 Å². The zero-order chi connectivity index (χ0) is 15.7. The molecule has 1 aliphatic carbocycles. The van der Waals surface area contributed by atoms with Crippen LogP contribution in [0.1, 0.15) is 24.8 Å². The first kappa shape index (κ1) is 15.4. The van der Waals surface area contributed by atoms with Crippen LogP contribution in [-0.2, 0) is 11.2 Å². The number of aromatic nitrogens is 1. The van der Waals surface area contributed by atoms with Crippen molar-refractivity contribution in [2.75, 3.05) is 14.1 Å². The number of carbonyl (C=O) groups is 1. The van der Waals surface area contributed by atoms with Crippen molar-refractivity contribution in [1.82, 2.24) is 15.2 Å². The van der Waals surface area contributed by atoms with E-state index in [4.69, 9.17) is 11.6 Å². The zero-order valence-corrected chi connectivity index (χ0v) is 13.8. The Labute approximate surface area is 135 Å². The minimum atomic E-state index is 0.0830. The van der Waals surface area contributed by atoms with Crippen molar-refractivity contribution in [3.63, 3.8) is 0 Å². The first-order valence-electron chi connectivity index (χ1n) is 7.76. The third kappa shape index (κ3) is 3.13. The molecule has 3 rings (SSSR count). The van der Waals surface area contributed by atoms with Crippen LogP contribution in [0.4, 0.5) is 0 Å². The summed E-state index contributed by atoms with van der Waals surface area (Å²) in [6.07, 6.45) is 5.68. The number of hydrogen-bond donors (Lipinski definition) is 2. The van der Waals surface area contributed by atoms with Crippen LogP contribution in [0.5, 0.6) is 0 Å². The summed E-state index contributed by atoms with van der Waals surface area (Å²) in [6.45, 7) is 0. The summed E-state index contributed by atoms with van der Waals surface area (Å²) in [6, 6.07) is 6.41. The van der Waals surface area contributed by atoms with E-state index in [9.17, 15) is 4.79 Å². The van der Waals surface area contributed by atoms with E-state index in [-0.39, 0.29) is 11.9 Å². The lowest BCUT2D eigenvalue weighted by molar-refractivity contribution is -0.121. The zero-order valence-electron chi connectivity index (χ0n) is 13.0. The Morgan fingerprint density at radius 1 is 1.41 bits per heavy atom. The van der Waals surface area contributed by atoms with E-state index in [2.05, 4.69) is 29.3 Å². The molecule has 1 fully saturated rings. The standard InChI is InChI=1S/C17H22ClN3O/c1-21(2)16-5-3-4-15(16)20-17(22)8-11-10-19-14-7-6-12(18)9-13(11)14/h6-7,9-10,15-16,19H,3-5,8H2,1-2H3,(H,20,22)/t15-,16-/m1/s1. The summed E-state index contributed by atoms with van der Waals surface area (Å²) in [5.74, 6) is 0.0830. The average molecular weight is 320 g/mol. The number of aromatic amines is 1. The molecule has 22 heavy (non-hydrogen) atoms. The monoisotopic (exact) mass is 319 g/mol. The maximum Gasteiger partial charge on any atom is 0.224 e. The maximum atomic E-state index is 12.4. The van der Waals surface area contributed by atoms with E-state index in [1.54, 1.807) is 0 Å². The molecule has 4 nitrogen and oxygen atoms in total. The van der Waals surface area contributed by atoms with Gasteiger partial charge >= 0.3 is 0 Å². The molecule has 2 N–H and O–H groups in total. The van der Waals surface area contributed by atoms with E-state index in [0.717, 1.165) is 29.3 Å². The minimum Gasteiger partial charge on any atom is -0.361 e. The van der Waals surface area contributed by atoms with Gasteiger partial charge in [0.25, 0.3) is 0 Å². The molecule has 1 aliphatic rings. The molecule has 118 valence electrons. The number of benzene rings is 1. The molecule has 1 amide bonds. The molecule has 0 unspecified atom stereocenters. The first-order chi connectivity index (χ1) is 10.5. The lowest BCUT2D eigenvalue weighted by Gasteiger charge is -2.26. The molecule has 2 atom stereocenters. The van der Waals surface area contributed by atoms with E-state index >= 15 is 0 Å². The number of likely N-dealkylation sites (N-methyl/N-ethyl adjacent to an activating group) is 1. The van der Waals surface area contributed by atoms with Gasteiger partial charge in [-0.2, -0.15) is 0 Å². The highest BCUT2D eigenvalue weighted by atomic mass is 35.5. The van der Waals surface area contributed by atoms with Crippen molar-refractivity contribution >= 4 is 28.4 Å². The van der Waals surface area contributed by atoms with Gasteiger partial charge in [0.05, 0.1) is 6.42 Å². The number of hydrogen-bond acceptors (Lipinski definition) is 2. The number of amides is 1. The molecule has 0 spiro atoms. The van der Waals surface area contributed by atoms with Gasteiger partial charge in [-0.05, 0) is 57.1 Å². The summed E-state index contributed by atoms with van der Waals surface area (Å²) in [7, 11) is 4.16. The Balaban J connectivity index is 1.69. The van der Waals surface area contributed by atoms with E-state index in [1.165, 1.54) is 6.42 Å². The number of halogens is 1. The van der Waals surface area contributed by atoms with Crippen LogP contribution in [0.2, 0.25) is 5.02 Å². The molecule has 0 bridgehead atoms. The highest BCUT2D eigenvalue weighted by Crippen LogP contribution is 2.24. The fraction of sp³-hybridized carbons (Fsp3) is 0.471. The van der Waals surface area contributed by atoms with Crippen LogP contribution < -0.4 is 5.32 Å². The van der Waals surface area contributed by atoms with E-state index in [1.807, 2.05) is 24.4 Å². The Morgan fingerprint density at radius 3 is 3.00 bits per heavy atom. The number of H-pyrrole nitrogens is 1. The Morgan fingerprint density at radius 2 is 2.23 bits per heavy atom. The normalized spacial score (nSPS) is 21.6. The topological polar surface area (TPSA) is 48.1 Å². The molecule has 5 heteroatoms. The lowest BCUT2D eigenvalue weighted by atomic mass is 10.1. The smallest absolute Gasteiger partial charge is 0.224 e. The molecule has 0 radical (unpaired) electrons. The highest BCUT2D eigenvalue weighted by molar-refractivity contribution is 6.31. The second kappa shape index (κ2) is 6.31. The molecule has 1 aromatic heterocycles. The van der Waals surface area contributed by atoms with E-state index < -0.39 is 0 Å². The maximum absolute atomic E-state index is 12.4. The van der Waals surface area contributed by atoms with Gasteiger partial charge < -0.3 is 15.2 Å². The number of fused-ring (bicyclic) bond motifs is 1. The van der Waals surface area contributed by atoms with Crippen molar-refractivity contribution in [2.45, 2.75) is 37.8 Å². The first-order valence-corrected chi connectivity index (χ1v) is 8.13. The minimum absolute atomic E-state index is 0.0830. The van der Waals surface area contributed by atoms with Gasteiger partial charge in [0, 0.05) is 34.2 Å². The summed E-state index contributed by atoms with van der Waals surface area (Å²) in [5, 5.41) is 4.92. The Bertz CT molecular complexity index is 680. The van der Waals surface area contributed by atoms with Gasteiger partial charge in [0.15, 0.2) is 0 Å². The SMILES string of the molecule is CN(C)[C@@H]1CCC[C@H]1NC(=O)Cc1c[nH]c2ccc(Cl)cc12. The molecule has 2 aromatic rings. The van der Waals surface area contributed by atoms with Crippen molar-refractivity contribution in [3.05, 3.63) is 35.0 Å². The fourth-order valence-electron chi connectivity index (χ4n) is 3.45. The number of nitrogens with zero attached hydrogens (tertiary/aromatic N) is 1. The second-order valence-corrected chi connectivity index (χ2v) is 6.75. The average Bonchev–Trinajstić information content (AvgIpc) is 3.06. The second-order valence-electron chi connectivity index (χ2n) is 6.32. The van der Waals surface area contributed by atoms with Crippen LogP contribution in [0.3, 0.4) is 0 Å². The van der Waals surface area contributed by atoms with Gasteiger partial charge in [-0.3, -0.25) is 4.79 Å². The fourth-order valence-corrected chi connectivity index (χ4v) is 3.63. The molecule has 1 saturated carbocycles. The molecule has 1 aromatic carbocycles. The quantitative estimate of drug-likeness (QED) is 0.910. The third-order valence-electron chi connectivity index (χ3n) is 4.57. The van der Waals surface area contributed by atoms with Crippen molar-refractivity contribution in [2.24, 2.45) is 0 Å². The van der Waals surface area contributed by atoms with Crippen molar-refractivity contribution in [3.8, 4) is 0 Å². The summed E-state index contributed by atoms with van der Waals surface area (Å²) >= 11 is 6.06. The summed E-state index contributed by atoms with van der Waals surface area (Å²) < 4.78 is 0. The van der Waals surface area contributed by atoms with Crippen molar-refractivity contribution < 1.29 is 4.79 Å². The van der Waals surface area contributed by atoms with Gasteiger partial charge in [0.1, 0.15) is 0 Å². The molecule has 0 aliphatic heterocycles. The molecular formula is C17H22ClN3O. The van der Waals surface area contributed by atoms with Crippen LogP contribution in [0.15, 0.2) is 24.4 Å². The van der Waals surface area contributed by atoms with Gasteiger partial charge in [-0.25, -0.2) is 0 Å². The number of nitrogens with one attached hydrogen (secondary N) is 2. The number of rotatable bonds is 4. The third-order valence-corrected chi connectivity index (χ3v) is 4.80. The van der Waals surface area contributed by atoms with E-state index in [0.29, 0.717) is 17.5 Å². The summed E-state index contributed by atoms with van der Waals surface area (Å²) in [5.41, 5.74) is 2.01. The van der Waals surface area contributed by atoms with Crippen LogP contribution in [0.25, 0.3) is 10.9 Å². The molecule has 1 heterocycles. The van der Waals surface area contributed by atoms with Crippen LogP contribution in [0, 0.1) is 0 Å². The van der Waals surface area contributed by atoms with Gasteiger partial charge in [0.2, 0.25) is 5.91 Å². The van der Waals surface area contributed by atoms with Crippen molar-refractivity contribution in [1.29, 1.82) is 0 Å². The number of carbonyl (C=O) groups excluding carboxylic acids is 1. The predicted molar refractivity (Wildman–Crippen MR) is 90.3 cm³/mol. The van der Waals surface area contributed by atoms with Crippen LogP contribution in [-0.4, -0.2) is 42.0 Å². The lowest BCUT2D eigenvalue weighted by Crippen LogP contribution is -2.46.